The molecule has 1 fully saturated rings. The number of hydrogen-bond donors (Lipinski definition) is 3. The number of halogens is 9. The Morgan fingerprint density at radius 2 is 1.41 bits per heavy atom. The minimum Gasteiger partial charge on any atom is -0.326 e. The fraction of sp³-hybridized carbons (Fsp3) is 0.192. The Hall–Kier alpha value is -2.76. The van der Waals surface area contributed by atoms with Crippen LogP contribution in [0.2, 0.25) is 15.1 Å². The zero-order valence-electron chi connectivity index (χ0n) is 20.4. The van der Waals surface area contributed by atoms with Crippen LogP contribution in [0.1, 0.15) is 28.8 Å². The van der Waals surface area contributed by atoms with Crippen LogP contribution in [0, 0.1) is 17.6 Å². The molecule has 3 N–H and O–H groups in total. The molecule has 0 saturated heterocycles. The Morgan fingerprint density at radius 3 is 2.02 bits per heavy atom. The van der Waals surface area contributed by atoms with Gasteiger partial charge in [0, 0.05) is 24.6 Å². The molecule has 216 valence electrons. The SMILES string of the molecule is CC(F)(F)C(=O)Nc1cc(NC(=O)c2cc(NC(=O)[C@H]3[C@H](c4ccc(Cl)c(Cl)c4)C3(Cl)Cl)ccc2Cl)c(F)cc1F. The third kappa shape index (κ3) is 6.67. The number of carbonyl (C=O) groups excluding carboxylic acids is 3. The predicted molar refractivity (Wildman–Crippen MR) is 151 cm³/mol. The third-order valence-corrected chi connectivity index (χ3v) is 8.08. The second-order valence-corrected chi connectivity index (χ2v) is 11.8. The average Bonchev–Trinajstić information content (AvgIpc) is 3.46. The van der Waals surface area contributed by atoms with E-state index in [1.54, 1.807) is 23.5 Å². The Morgan fingerprint density at radius 1 is 0.805 bits per heavy atom. The van der Waals surface area contributed by atoms with Gasteiger partial charge in [0.05, 0.1) is 37.9 Å². The molecule has 3 amide bonds. The Bertz CT molecular complexity index is 1580. The molecule has 0 unspecified atom stereocenters. The standard InChI is InChI=1S/C26H16Cl5F4N3O3/c1-25(34,35)24(41)38-19-9-18(16(32)8-17(19)33)37-22(39)12-7-11(3-5-13(12)27)36-23(40)21-20(26(21,30)31)10-2-4-14(28)15(29)6-10/h2-9,20-21H,1H3,(H,36,40)(H,37,39)(H,38,41)/t20-,21+/m0/s1. The lowest BCUT2D eigenvalue weighted by molar-refractivity contribution is -0.137. The largest absolute Gasteiger partial charge is 0.326 e. The molecule has 1 aliphatic carbocycles. The smallest absolute Gasteiger partial charge is 0.322 e. The summed E-state index contributed by atoms with van der Waals surface area (Å²) in [6, 6.07) is 9.48. The number of amides is 3. The van der Waals surface area contributed by atoms with Gasteiger partial charge < -0.3 is 16.0 Å². The highest BCUT2D eigenvalue weighted by atomic mass is 35.5. The van der Waals surface area contributed by atoms with Crippen molar-refractivity contribution in [2.24, 2.45) is 5.92 Å². The number of benzene rings is 3. The maximum atomic E-state index is 14.4. The summed E-state index contributed by atoms with van der Waals surface area (Å²) in [5, 5.41) is 6.80. The molecule has 41 heavy (non-hydrogen) atoms. The fourth-order valence-electron chi connectivity index (χ4n) is 3.93. The van der Waals surface area contributed by atoms with Gasteiger partial charge in [0.15, 0.2) is 0 Å². The Labute approximate surface area is 255 Å². The first-order valence-corrected chi connectivity index (χ1v) is 13.3. The first kappa shape index (κ1) is 31.2. The van der Waals surface area contributed by atoms with Crippen LogP contribution < -0.4 is 16.0 Å². The lowest BCUT2D eigenvalue weighted by Gasteiger charge is -2.14. The fourth-order valence-corrected chi connectivity index (χ4v) is 5.27. The molecule has 0 aromatic heterocycles. The minimum atomic E-state index is -3.85. The van der Waals surface area contributed by atoms with Gasteiger partial charge in [-0.25, -0.2) is 8.78 Å². The van der Waals surface area contributed by atoms with E-state index in [0.717, 1.165) is 0 Å². The summed E-state index contributed by atoms with van der Waals surface area (Å²) in [7, 11) is 0. The van der Waals surface area contributed by atoms with E-state index in [2.05, 4.69) is 10.6 Å². The van der Waals surface area contributed by atoms with E-state index in [1.807, 2.05) is 0 Å². The Balaban J connectivity index is 1.51. The normalized spacial score (nSPS) is 17.5. The zero-order chi connectivity index (χ0) is 30.4. The van der Waals surface area contributed by atoms with Gasteiger partial charge in [-0.1, -0.05) is 40.9 Å². The average molecular weight is 672 g/mol. The molecule has 0 heterocycles. The number of rotatable bonds is 7. The van der Waals surface area contributed by atoms with Crippen molar-refractivity contribution in [3.63, 3.8) is 0 Å². The van der Waals surface area contributed by atoms with Crippen molar-refractivity contribution in [2.75, 3.05) is 16.0 Å². The molecule has 4 rings (SSSR count). The molecule has 3 aromatic carbocycles. The molecule has 2 atom stereocenters. The van der Waals surface area contributed by atoms with Crippen LogP contribution >= 0.6 is 58.0 Å². The summed E-state index contributed by atoms with van der Waals surface area (Å²) in [5.74, 6) is -11.4. The molecule has 1 aliphatic rings. The van der Waals surface area contributed by atoms with Crippen LogP contribution in [-0.2, 0) is 9.59 Å². The van der Waals surface area contributed by atoms with E-state index in [1.165, 1.54) is 18.2 Å². The number of hydrogen-bond acceptors (Lipinski definition) is 3. The van der Waals surface area contributed by atoms with Gasteiger partial charge in [-0.15, -0.1) is 23.2 Å². The lowest BCUT2D eigenvalue weighted by Crippen LogP contribution is -2.31. The highest BCUT2D eigenvalue weighted by Crippen LogP contribution is 2.65. The van der Waals surface area contributed by atoms with Gasteiger partial charge in [-0.2, -0.15) is 8.78 Å². The first-order valence-electron chi connectivity index (χ1n) is 11.4. The summed E-state index contributed by atoms with van der Waals surface area (Å²) in [4.78, 5) is 37.4. The minimum absolute atomic E-state index is 0.103. The quantitative estimate of drug-likeness (QED) is 0.175. The van der Waals surface area contributed by atoms with Crippen LogP contribution in [0.3, 0.4) is 0 Å². The van der Waals surface area contributed by atoms with E-state index in [4.69, 9.17) is 58.0 Å². The predicted octanol–water partition coefficient (Wildman–Crippen LogP) is 8.30. The number of nitrogens with one attached hydrogen (secondary N) is 3. The zero-order valence-corrected chi connectivity index (χ0v) is 24.2. The molecular weight excluding hydrogens is 656 g/mol. The molecule has 1 saturated carbocycles. The van der Waals surface area contributed by atoms with Crippen molar-refractivity contribution >= 4 is 92.8 Å². The summed E-state index contributed by atoms with van der Waals surface area (Å²) >= 11 is 30.9. The van der Waals surface area contributed by atoms with Crippen LogP contribution in [-0.4, -0.2) is 28.0 Å². The van der Waals surface area contributed by atoms with E-state index >= 15 is 0 Å². The molecule has 0 bridgehead atoms. The van der Waals surface area contributed by atoms with Crippen LogP contribution in [0.4, 0.5) is 34.6 Å². The Kier molecular flexibility index (Phi) is 8.74. The second kappa shape index (κ2) is 11.5. The topological polar surface area (TPSA) is 87.3 Å². The summed E-state index contributed by atoms with van der Waals surface area (Å²) in [6.07, 6.45) is 0. The molecule has 3 aromatic rings. The van der Waals surface area contributed by atoms with Gasteiger partial charge in [-0.05, 0) is 42.0 Å². The summed E-state index contributed by atoms with van der Waals surface area (Å²) in [6.45, 7) is 0.289. The summed E-state index contributed by atoms with van der Waals surface area (Å²) in [5.41, 5.74) is -0.995. The van der Waals surface area contributed by atoms with Crippen LogP contribution in [0.15, 0.2) is 48.5 Å². The van der Waals surface area contributed by atoms with Gasteiger partial charge in [0.1, 0.15) is 16.0 Å². The number of alkyl halides is 4. The molecule has 0 spiro atoms. The lowest BCUT2D eigenvalue weighted by atomic mass is 10.1. The number of carbonyl (C=O) groups is 3. The monoisotopic (exact) mass is 669 g/mol. The van der Waals surface area contributed by atoms with Crippen LogP contribution in [0.5, 0.6) is 0 Å². The highest BCUT2D eigenvalue weighted by molar-refractivity contribution is 6.53. The maximum Gasteiger partial charge on any atom is 0.322 e. The van der Waals surface area contributed by atoms with Crippen molar-refractivity contribution in [2.45, 2.75) is 23.1 Å². The molecule has 6 nitrogen and oxygen atoms in total. The van der Waals surface area contributed by atoms with Crippen molar-refractivity contribution in [3.8, 4) is 0 Å². The van der Waals surface area contributed by atoms with Gasteiger partial charge in [-0.3, -0.25) is 14.4 Å². The van der Waals surface area contributed by atoms with Crippen LogP contribution in [0.25, 0.3) is 0 Å². The molecule has 15 heteroatoms. The van der Waals surface area contributed by atoms with E-state index < -0.39 is 62.8 Å². The first-order chi connectivity index (χ1) is 19.0. The van der Waals surface area contributed by atoms with Crippen molar-refractivity contribution in [3.05, 3.63) is 86.4 Å². The van der Waals surface area contributed by atoms with E-state index in [9.17, 15) is 31.9 Å². The molecular formula is C26H16Cl5F4N3O3. The van der Waals surface area contributed by atoms with Gasteiger partial charge in [0.2, 0.25) is 5.91 Å². The van der Waals surface area contributed by atoms with Crippen molar-refractivity contribution in [1.82, 2.24) is 0 Å². The van der Waals surface area contributed by atoms with Crippen molar-refractivity contribution in [1.29, 1.82) is 0 Å². The molecule has 0 aliphatic heterocycles. The van der Waals surface area contributed by atoms with Crippen molar-refractivity contribution < 1.29 is 31.9 Å². The highest BCUT2D eigenvalue weighted by Gasteiger charge is 2.67. The summed E-state index contributed by atoms with van der Waals surface area (Å²) < 4.78 is 53.4. The van der Waals surface area contributed by atoms with E-state index in [0.29, 0.717) is 22.7 Å². The third-order valence-electron chi connectivity index (χ3n) is 6.07. The van der Waals surface area contributed by atoms with E-state index in [-0.39, 0.29) is 28.2 Å². The van der Waals surface area contributed by atoms with Gasteiger partial charge >= 0.3 is 5.92 Å². The number of anilines is 3. The second-order valence-electron chi connectivity index (χ2n) is 9.10. The maximum absolute atomic E-state index is 14.4. The molecule has 0 radical (unpaired) electrons. The van der Waals surface area contributed by atoms with Gasteiger partial charge in [0.25, 0.3) is 11.8 Å².